The molecule has 3 aromatic rings. The van der Waals surface area contributed by atoms with Crippen molar-refractivity contribution in [2.75, 3.05) is 19.1 Å². The Bertz CT molecular complexity index is 1940. The number of thiocarbonyl (C=S) groups is 1. The molecule has 244 valence electrons. The van der Waals surface area contributed by atoms with Crippen LogP contribution in [0.1, 0.15) is 51.3 Å². The Balaban J connectivity index is 1.50. The smallest absolute Gasteiger partial charge is 0.346 e. The number of imide groups is 1. The number of methoxy groups -OCH3 is 2. The van der Waals surface area contributed by atoms with Crippen molar-refractivity contribution in [1.29, 1.82) is 0 Å². The van der Waals surface area contributed by atoms with Gasteiger partial charge in [0, 0.05) is 17.6 Å². The molecule has 48 heavy (non-hydrogen) atoms. The lowest BCUT2D eigenvalue weighted by molar-refractivity contribution is -0.138. The van der Waals surface area contributed by atoms with Gasteiger partial charge in [0.1, 0.15) is 15.9 Å². The van der Waals surface area contributed by atoms with E-state index in [2.05, 4.69) is 0 Å². The number of anilines is 1. The average Bonchev–Trinajstić information content (AvgIpc) is 3.63. The van der Waals surface area contributed by atoms with Crippen molar-refractivity contribution in [3.05, 3.63) is 115 Å². The number of ether oxygens (including phenoxy) is 2. The van der Waals surface area contributed by atoms with Gasteiger partial charge in [-0.15, -0.1) is 0 Å². The van der Waals surface area contributed by atoms with Crippen molar-refractivity contribution in [2.45, 2.75) is 38.8 Å². The van der Waals surface area contributed by atoms with Crippen LogP contribution in [0.4, 0.5) is 5.69 Å². The molecule has 0 fully saturated rings. The molecule has 0 radical (unpaired) electrons. The second-order valence-corrected chi connectivity index (χ2v) is 14.5. The molecule has 0 saturated heterocycles. The van der Waals surface area contributed by atoms with Crippen LogP contribution in [0.25, 0.3) is 5.57 Å². The predicted octanol–water partition coefficient (Wildman–Crippen LogP) is 6.10. The number of esters is 2. The van der Waals surface area contributed by atoms with Crippen molar-refractivity contribution in [3.63, 3.8) is 0 Å². The number of aryl methyl sites for hydroxylation is 1. The summed E-state index contributed by atoms with van der Waals surface area (Å²) in [4.78, 5) is 71.4. The van der Waals surface area contributed by atoms with E-state index in [-0.39, 0.29) is 27.4 Å². The Morgan fingerprint density at radius 2 is 1.35 bits per heavy atom. The maximum absolute atomic E-state index is 15.1. The third-order valence-electron chi connectivity index (χ3n) is 8.46. The molecular weight excluding hydrogens is 669 g/mol. The van der Waals surface area contributed by atoms with E-state index in [9.17, 15) is 19.2 Å². The summed E-state index contributed by atoms with van der Waals surface area (Å²) < 4.78 is 10.5. The molecule has 3 amide bonds. The third kappa shape index (κ3) is 5.47. The van der Waals surface area contributed by atoms with Gasteiger partial charge in [0.2, 0.25) is 0 Å². The molecule has 1 atom stereocenters. The molecule has 9 nitrogen and oxygen atoms in total. The number of thioether (sulfide) groups is 2. The molecule has 1 unspecified atom stereocenters. The number of rotatable bonds is 6. The minimum Gasteiger partial charge on any atom is -0.465 e. The molecular formula is C36H30N2O7S3. The van der Waals surface area contributed by atoms with Crippen molar-refractivity contribution in [3.8, 4) is 0 Å². The summed E-state index contributed by atoms with van der Waals surface area (Å²) in [6.45, 7) is 5.51. The van der Waals surface area contributed by atoms with Gasteiger partial charge < -0.3 is 9.47 Å². The second kappa shape index (κ2) is 12.8. The van der Waals surface area contributed by atoms with Gasteiger partial charge in [-0.2, -0.15) is 0 Å². The van der Waals surface area contributed by atoms with E-state index in [1.807, 2.05) is 55.5 Å². The number of carbonyl (C=O) groups excluding carboxylic acids is 5. The van der Waals surface area contributed by atoms with Crippen molar-refractivity contribution in [2.24, 2.45) is 0 Å². The Kier molecular flexibility index (Phi) is 8.92. The number of benzene rings is 3. The summed E-state index contributed by atoms with van der Waals surface area (Å²) in [6.07, 6.45) is 0.0835. The van der Waals surface area contributed by atoms with E-state index in [0.717, 1.165) is 39.6 Å². The zero-order chi connectivity index (χ0) is 34.5. The van der Waals surface area contributed by atoms with Gasteiger partial charge >= 0.3 is 11.9 Å². The Labute approximate surface area is 291 Å². The highest BCUT2D eigenvalue weighted by Crippen LogP contribution is 2.56. The summed E-state index contributed by atoms with van der Waals surface area (Å²) in [5.74, 6) is -2.92. The zero-order valence-electron chi connectivity index (χ0n) is 26.7. The van der Waals surface area contributed by atoms with Crippen molar-refractivity contribution < 1.29 is 33.4 Å². The highest BCUT2D eigenvalue weighted by atomic mass is 32.2. The van der Waals surface area contributed by atoms with Crippen LogP contribution >= 0.6 is 35.7 Å². The van der Waals surface area contributed by atoms with Crippen LogP contribution < -0.4 is 4.90 Å². The van der Waals surface area contributed by atoms with Crippen LogP contribution in [0.2, 0.25) is 0 Å². The van der Waals surface area contributed by atoms with Crippen LogP contribution in [0.15, 0.2) is 86.8 Å². The molecule has 3 aromatic carbocycles. The minimum absolute atomic E-state index is 0.0816. The fourth-order valence-corrected chi connectivity index (χ4v) is 9.12. The summed E-state index contributed by atoms with van der Waals surface area (Å²) >= 11 is 8.28. The van der Waals surface area contributed by atoms with Crippen molar-refractivity contribution in [1.82, 2.24) is 4.90 Å². The quantitative estimate of drug-likeness (QED) is 0.130. The molecule has 0 bridgehead atoms. The van der Waals surface area contributed by atoms with Crippen LogP contribution in [0, 0.1) is 6.92 Å². The summed E-state index contributed by atoms with van der Waals surface area (Å²) in [5, 5.41) is 0. The molecule has 0 aliphatic carbocycles. The fraction of sp³-hybridized carbons (Fsp3) is 0.222. The van der Waals surface area contributed by atoms with Gasteiger partial charge in [-0.25, -0.2) is 9.59 Å². The first-order chi connectivity index (χ1) is 22.9. The zero-order valence-corrected chi connectivity index (χ0v) is 29.1. The maximum Gasteiger partial charge on any atom is 0.346 e. The molecule has 0 saturated carbocycles. The Morgan fingerprint density at radius 1 is 0.812 bits per heavy atom. The van der Waals surface area contributed by atoms with E-state index in [1.54, 1.807) is 43.0 Å². The maximum atomic E-state index is 15.1. The van der Waals surface area contributed by atoms with Crippen LogP contribution in [0.5, 0.6) is 0 Å². The highest BCUT2D eigenvalue weighted by Gasteiger charge is 2.51. The third-order valence-corrected chi connectivity index (χ3v) is 11.7. The van der Waals surface area contributed by atoms with E-state index in [0.29, 0.717) is 25.9 Å². The number of carbonyl (C=O) groups is 5. The van der Waals surface area contributed by atoms with Crippen LogP contribution in [0.3, 0.4) is 0 Å². The molecule has 3 aliphatic rings. The standard InChI is InChI=1S/C36H30N2O7S3/c1-19-15-16-23-24(17-19)38(36(2,3)29(46)26(23)35-47-27(33(42)44-4)28(48-35)34(43)45-5)32(41)25(18-20-11-7-6-8-12-20)37-30(39)21-13-9-10-14-22(21)31(37)40/h6-17,25H,18H2,1-5H3. The van der Waals surface area contributed by atoms with Gasteiger partial charge in [0.25, 0.3) is 17.7 Å². The highest BCUT2D eigenvalue weighted by molar-refractivity contribution is 8.29. The van der Waals surface area contributed by atoms with Gasteiger partial charge in [0.05, 0.1) is 45.7 Å². The second-order valence-electron chi connectivity index (χ2n) is 11.8. The Hall–Kier alpha value is -4.52. The molecule has 12 heteroatoms. The van der Waals surface area contributed by atoms with Crippen molar-refractivity contribution >= 4 is 81.5 Å². The SMILES string of the molecule is COC(=O)C1=C(C(=O)OC)SC(=C2C(=S)C(C)(C)N(C(=O)C(Cc3ccccc3)N3C(=O)c4ccccc4C3=O)c3cc(C)ccc32)S1. The molecule has 0 spiro atoms. The average molecular weight is 699 g/mol. The van der Waals surface area contributed by atoms with E-state index < -0.39 is 41.2 Å². The molecule has 0 aromatic heterocycles. The van der Waals surface area contributed by atoms with Gasteiger partial charge in [0.15, 0.2) is 0 Å². The molecule has 0 N–H and O–H groups in total. The predicted molar refractivity (Wildman–Crippen MR) is 189 cm³/mol. The summed E-state index contributed by atoms with van der Waals surface area (Å²) in [6, 6.07) is 20.2. The van der Waals surface area contributed by atoms with Crippen LogP contribution in [-0.2, 0) is 30.3 Å². The molecule has 3 heterocycles. The first-order valence-corrected chi connectivity index (χ1v) is 17.0. The monoisotopic (exact) mass is 698 g/mol. The Morgan fingerprint density at radius 3 is 1.90 bits per heavy atom. The first kappa shape index (κ1) is 33.4. The van der Waals surface area contributed by atoms with Gasteiger partial charge in [-0.1, -0.05) is 90.3 Å². The van der Waals surface area contributed by atoms with Crippen LogP contribution in [-0.4, -0.2) is 65.2 Å². The van der Waals surface area contributed by atoms with E-state index in [4.69, 9.17) is 21.7 Å². The number of fused-ring (bicyclic) bond motifs is 2. The topological polar surface area (TPSA) is 110 Å². The van der Waals surface area contributed by atoms with Gasteiger partial charge in [-0.3, -0.25) is 24.2 Å². The minimum atomic E-state index is -1.20. The molecule has 3 aliphatic heterocycles. The number of amides is 3. The molecule has 6 rings (SSSR count). The lowest BCUT2D eigenvalue weighted by Gasteiger charge is -2.47. The number of nitrogens with zero attached hydrogens (tertiary/aromatic N) is 2. The van der Waals surface area contributed by atoms with E-state index in [1.165, 1.54) is 14.2 Å². The number of hydrogen-bond acceptors (Lipinski definition) is 10. The van der Waals surface area contributed by atoms with E-state index >= 15 is 4.79 Å². The normalized spacial score (nSPS) is 17.4. The lowest BCUT2D eigenvalue weighted by atomic mass is 9.82. The van der Waals surface area contributed by atoms with Gasteiger partial charge in [-0.05, 0) is 50.1 Å². The first-order valence-electron chi connectivity index (χ1n) is 14.9. The number of hydrogen-bond donors (Lipinski definition) is 0. The summed E-state index contributed by atoms with van der Waals surface area (Å²) in [5.41, 5.74) is 2.66. The fourth-order valence-electron chi connectivity index (χ4n) is 6.09. The largest absolute Gasteiger partial charge is 0.465 e. The lowest BCUT2D eigenvalue weighted by Crippen LogP contribution is -2.62. The summed E-state index contributed by atoms with van der Waals surface area (Å²) in [7, 11) is 2.47.